The summed E-state index contributed by atoms with van der Waals surface area (Å²) in [5.41, 5.74) is 0. The molecule has 2 heteroatoms. The smallest absolute Gasteiger partial charge is 0.149 e. The number of Topliss-reactive ketones (excluding diaryl/α,β-unsaturated/α-hetero) is 1. The van der Waals surface area contributed by atoms with Crippen LogP contribution >= 0.6 is 0 Å². The Morgan fingerprint density at radius 2 is 1.80 bits per heavy atom. The van der Waals surface area contributed by atoms with Gasteiger partial charge in [-0.05, 0) is 44.7 Å². The summed E-state index contributed by atoms with van der Waals surface area (Å²) in [6.07, 6.45) is 3.23. The number of ketones is 1. The van der Waals surface area contributed by atoms with Crippen LogP contribution in [0.2, 0.25) is 0 Å². The van der Waals surface area contributed by atoms with Crippen LogP contribution in [0.1, 0.15) is 47.0 Å². The molecule has 1 aliphatic heterocycles. The molecule has 1 aliphatic rings. The molecule has 1 atom stereocenters. The second-order valence-electron chi connectivity index (χ2n) is 5.46. The molecule has 0 unspecified atom stereocenters. The summed E-state index contributed by atoms with van der Waals surface area (Å²) in [6, 6.07) is 0.139. The van der Waals surface area contributed by atoms with Crippen molar-refractivity contribution in [3.8, 4) is 0 Å². The molecule has 0 aromatic carbocycles. The van der Waals surface area contributed by atoms with Gasteiger partial charge in [-0.3, -0.25) is 9.69 Å². The third kappa shape index (κ3) is 3.94. The largest absolute Gasteiger partial charge is 0.298 e. The van der Waals surface area contributed by atoms with Crippen molar-refractivity contribution in [2.45, 2.75) is 53.0 Å². The molecular formula is C13H25NO. The molecule has 1 heterocycles. The lowest BCUT2D eigenvalue weighted by Crippen LogP contribution is -2.43. The van der Waals surface area contributed by atoms with E-state index in [-0.39, 0.29) is 6.04 Å². The van der Waals surface area contributed by atoms with Gasteiger partial charge in [0.1, 0.15) is 5.78 Å². The fraction of sp³-hybridized carbons (Fsp3) is 0.923. The highest BCUT2D eigenvalue weighted by molar-refractivity contribution is 5.83. The number of nitrogens with zero attached hydrogens (tertiary/aromatic N) is 1. The average molecular weight is 211 g/mol. The highest BCUT2D eigenvalue weighted by atomic mass is 16.1. The zero-order valence-corrected chi connectivity index (χ0v) is 10.6. The molecule has 1 rings (SSSR count). The second-order valence-corrected chi connectivity index (χ2v) is 5.46. The van der Waals surface area contributed by atoms with Gasteiger partial charge >= 0.3 is 0 Å². The first-order chi connectivity index (χ1) is 7.00. The van der Waals surface area contributed by atoms with Crippen LogP contribution in [0.3, 0.4) is 0 Å². The van der Waals surface area contributed by atoms with Gasteiger partial charge in [0.2, 0.25) is 0 Å². The minimum Gasteiger partial charge on any atom is -0.298 e. The van der Waals surface area contributed by atoms with E-state index >= 15 is 0 Å². The predicted molar refractivity (Wildman–Crippen MR) is 63.9 cm³/mol. The minimum atomic E-state index is 0.139. The Hall–Kier alpha value is -0.370. The van der Waals surface area contributed by atoms with E-state index in [0.717, 1.165) is 25.4 Å². The Labute approximate surface area is 94.0 Å². The molecule has 88 valence electrons. The monoisotopic (exact) mass is 211 g/mol. The molecule has 0 amide bonds. The maximum Gasteiger partial charge on any atom is 0.149 e. The van der Waals surface area contributed by atoms with Gasteiger partial charge in [0.25, 0.3) is 0 Å². The molecular weight excluding hydrogens is 186 g/mol. The van der Waals surface area contributed by atoms with Gasteiger partial charge in [0.15, 0.2) is 0 Å². The van der Waals surface area contributed by atoms with Crippen molar-refractivity contribution >= 4 is 5.78 Å². The second kappa shape index (κ2) is 5.64. The van der Waals surface area contributed by atoms with Gasteiger partial charge in [-0.1, -0.05) is 20.8 Å². The van der Waals surface area contributed by atoms with Crippen LogP contribution in [0.15, 0.2) is 0 Å². The molecule has 0 aromatic rings. The van der Waals surface area contributed by atoms with Crippen molar-refractivity contribution in [2.24, 2.45) is 11.8 Å². The molecule has 0 spiro atoms. The van der Waals surface area contributed by atoms with Crippen molar-refractivity contribution in [3.63, 3.8) is 0 Å². The van der Waals surface area contributed by atoms with Gasteiger partial charge in [-0.25, -0.2) is 0 Å². The zero-order valence-electron chi connectivity index (χ0n) is 10.6. The lowest BCUT2D eigenvalue weighted by Gasteiger charge is -2.34. The fourth-order valence-corrected chi connectivity index (χ4v) is 2.19. The third-order valence-electron chi connectivity index (χ3n) is 3.44. The van der Waals surface area contributed by atoms with E-state index in [9.17, 15) is 4.79 Å². The average Bonchev–Trinajstić information content (AvgIpc) is 2.17. The lowest BCUT2D eigenvalue weighted by molar-refractivity contribution is -0.125. The normalized spacial score (nSPS) is 21.9. The molecule has 2 nitrogen and oxygen atoms in total. The number of rotatable bonds is 4. The predicted octanol–water partition coefficient (Wildman–Crippen LogP) is 2.72. The minimum absolute atomic E-state index is 0.139. The molecule has 15 heavy (non-hydrogen) atoms. The molecule has 0 radical (unpaired) electrons. The van der Waals surface area contributed by atoms with Crippen LogP contribution in [0.25, 0.3) is 0 Å². The van der Waals surface area contributed by atoms with E-state index in [4.69, 9.17) is 0 Å². The first-order valence-corrected chi connectivity index (χ1v) is 6.27. The van der Waals surface area contributed by atoms with E-state index in [0.29, 0.717) is 11.7 Å². The van der Waals surface area contributed by atoms with Gasteiger partial charge < -0.3 is 0 Å². The Morgan fingerprint density at radius 1 is 1.27 bits per heavy atom. The van der Waals surface area contributed by atoms with Crippen LogP contribution in [-0.4, -0.2) is 29.8 Å². The van der Waals surface area contributed by atoms with E-state index in [1.807, 2.05) is 0 Å². The summed E-state index contributed by atoms with van der Waals surface area (Å²) >= 11 is 0. The molecule has 0 N–H and O–H groups in total. The Morgan fingerprint density at radius 3 is 2.27 bits per heavy atom. The van der Waals surface area contributed by atoms with Crippen LogP contribution in [-0.2, 0) is 4.79 Å². The molecule has 1 fully saturated rings. The number of likely N-dealkylation sites (tertiary alicyclic amines) is 1. The highest BCUT2D eigenvalue weighted by Gasteiger charge is 2.24. The topological polar surface area (TPSA) is 20.3 Å². The van der Waals surface area contributed by atoms with E-state index < -0.39 is 0 Å². The number of piperidine rings is 1. The summed E-state index contributed by atoms with van der Waals surface area (Å²) in [5, 5.41) is 0. The summed E-state index contributed by atoms with van der Waals surface area (Å²) in [6.45, 7) is 10.8. The van der Waals surface area contributed by atoms with Crippen molar-refractivity contribution in [1.82, 2.24) is 4.90 Å². The van der Waals surface area contributed by atoms with Gasteiger partial charge in [-0.2, -0.15) is 0 Å². The summed E-state index contributed by atoms with van der Waals surface area (Å²) in [4.78, 5) is 14.2. The Balaban J connectivity index is 2.39. The SMILES string of the molecule is CC(C)CC(=O)[C@H](C)N1CCC(C)CC1. The molecule has 1 saturated heterocycles. The maximum atomic E-state index is 11.9. The first kappa shape index (κ1) is 12.7. The van der Waals surface area contributed by atoms with Crippen LogP contribution in [0.5, 0.6) is 0 Å². The molecule has 0 aliphatic carbocycles. The Kier molecular flexibility index (Phi) is 4.78. The summed E-state index contributed by atoms with van der Waals surface area (Å²) < 4.78 is 0. The first-order valence-electron chi connectivity index (χ1n) is 6.27. The van der Waals surface area contributed by atoms with Crippen LogP contribution in [0.4, 0.5) is 0 Å². The number of carbonyl (C=O) groups is 1. The quantitative estimate of drug-likeness (QED) is 0.712. The van der Waals surface area contributed by atoms with Gasteiger partial charge in [0, 0.05) is 6.42 Å². The van der Waals surface area contributed by atoms with Crippen LogP contribution in [0, 0.1) is 11.8 Å². The highest BCUT2D eigenvalue weighted by Crippen LogP contribution is 2.19. The van der Waals surface area contributed by atoms with Crippen molar-refractivity contribution < 1.29 is 4.79 Å². The van der Waals surface area contributed by atoms with Crippen LogP contribution < -0.4 is 0 Å². The summed E-state index contributed by atoms with van der Waals surface area (Å²) in [7, 11) is 0. The van der Waals surface area contributed by atoms with Crippen molar-refractivity contribution in [1.29, 1.82) is 0 Å². The van der Waals surface area contributed by atoms with Gasteiger partial charge in [-0.15, -0.1) is 0 Å². The summed E-state index contributed by atoms with van der Waals surface area (Å²) in [5.74, 6) is 1.75. The Bertz CT molecular complexity index is 205. The van der Waals surface area contributed by atoms with E-state index in [1.165, 1.54) is 12.8 Å². The van der Waals surface area contributed by atoms with Crippen molar-refractivity contribution in [3.05, 3.63) is 0 Å². The number of carbonyl (C=O) groups excluding carboxylic acids is 1. The standard InChI is InChI=1S/C13H25NO/c1-10(2)9-13(15)12(4)14-7-5-11(3)6-8-14/h10-12H,5-9H2,1-4H3/t12-/m0/s1. The van der Waals surface area contributed by atoms with E-state index in [1.54, 1.807) is 0 Å². The lowest BCUT2D eigenvalue weighted by atomic mass is 9.95. The molecule has 0 aromatic heterocycles. The zero-order chi connectivity index (χ0) is 11.4. The number of hydrogen-bond acceptors (Lipinski definition) is 2. The molecule has 0 bridgehead atoms. The van der Waals surface area contributed by atoms with Crippen molar-refractivity contribution in [2.75, 3.05) is 13.1 Å². The number of hydrogen-bond donors (Lipinski definition) is 0. The molecule has 0 saturated carbocycles. The fourth-order valence-electron chi connectivity index (χ4n) is 2.19. The van der Waals surface area contributed by atoms with Gasteiger partial charge in [0.05, 0.1) is 6.04 Å². The maximum absolute atomic E-state index is 11.9. The third-order valence-corrected chi connectivity index (χ3v) is 3.44. The van der Waals surface area contributed by atoms with E-state index in [2.05, 4.69) is 32.6 Å².